The first-order chi connectivity index (χ1) is 13.7. The molecule has 1 aliphatic heterocycles. The standard InChI is InChI=1S/C19H21F3N2O4S/c20-19(21,22)29(26,27)15-8-6-14(7-9-15)18(25)23-13-16(17-5-4-12-28-17)24-10-2-1-3-11-24/h4-9,12,16H,1-3,10-11,13H2,(H,23,25). The lowest BCUT2D eigenvalue weighted by molar-refractivity contribution is -0.0436. The highest BCUT2D eigenvalue weighted by Crippen LogP contribution is 2.30. The van der Waals surface area contributed by atoms with E-state index in [1.807, 2.05) is 6.07 Å². The zero-order chi connectivity index (χ0) is 21.1. The summed E-state index contributed by atoms with van der Waals surface area (Å²) in [7, 11) is -5.44. The summed E-state index contributed by atoms with van der Waals surface area (Å²) in [5.74, 6) is 0.216. The molecular formula is C19H21F3N2O4S. The zero-order valence-electron chi connectivity index (χ0n) is 15.5. The smallest absolute Gasteiger partial charge is 0.468 e. The van der Waals surface area contributed by atoms with Gasteiger partial charge in [0.15, 0.2) is 0 Å². The fourth-order valence-corrected chi connectivity index (χ4v) is 4.09. The molecule has 1 aromatic heterocycles. The number of halogens is 3. The van der Waals surface area contributed by atoms with Crippen LogP contribution in [0.25, 0.3) is 0 Å². The third-order valence-electron chi connectivity index (χ3n) is 4.89. The molecule has 0 bridgehead atoms. The van der Waals surface area contributed by atoms with Gasteiger partial charge in [0, 0.05) is 12.1 Å². The largest absolute Gasteiger partial charge is 0.501 e. The van der Waals surface area contributed by atoms with E-state index in [0.29, 0.717) is 0 Å². The monoisotopic (exact) mass is 430 g/mol. The molecule has 0 radical (unpaired) electrons. The Kier molecular flexibility index (Phi) is 6.33. The lowest BCUT2D eigenvalue weighted by Gasteiger charge is -2.33. The quantitative estimate of drug-likeness (QED) is 0.759. The highest BCUT2D eigenvalue weighted by Gasteiger charge is 2.46. The van der Waals surface area contributed by atoms with Gasteiger partial charge < -0.3 is 9.73 Å². The van der Waals surface area contributed by atoms with E-state index in [9.17, 15) is 26.4 Å². The Morgan fingerprint density at radius 2 is 1.76 bits per heavy atom. The molecule has 1 saturated heterocycles. The van der Waals surface area contributed by atoms with Crippen LogP contribution in [0.1, 0.15) is 41.4 Å². The highest BCUT2D eigenvalue weighted by molar-refractivity contribution is 7.92. The lowest BCUT2D eigenvalue weighted by atomic mass is 10.1. The Morgan fingerprint density at radius 1 is 1.10 bits per heavy atom. The molecule has 2 heterocycles. The Labute approximate surface area is 166 Å². The Morgan fingerprint density at radius 3 is 2.31 bits per heavy atom. The summed E-state index contributed by atoms with van der Waals surface area (Å²) in [6.07, 6.45) is 4.83. The van der Waals surface area contributed by atoms with Crippen LogP contribution in [0.15, 0.2) is 52.0 Å². The van der Waals surface area contributed by atoms with Gasteiger partial charge in [-0.15, -0.1) is 0 Å². The number of amides is 1. The van der Waals surface area contributed by atoms with Crippen molar-refractivity contribution in [2.75, 3.05) is 19.6 Å². The highest BCUT2D eigenvalue weighted by atomic mass is 32.2. The predicted molar refractivity (Wildman–Crippen MR) is 98.9 cm³/mol. The molecule has 1 amide bonds. The summed E-state index contributed by atoms with van der Waals surface area (Å²) in [5.41, 5.74) is -5.32. The molecule has 1 aliphatic rings. The van der Waals surface area contributed by atoms with Crippen LogP contribution in [0.3, 0.4) is 0 Å². The summed E-state index contributed by atoms with van der Waals surface area (Å²) < 4.78 is 66.2. The molecule has 1 N–H and O–H groups in total. The first-order valence-corrected chi connectivity index (χ1v) is 10.7. The maximum absolute atomic E-state index is 12.6. The molecule has 29 heavy (non-hydrogen) atoms. The number of carbonyl (C=O) groups excluding carboxylic acids is 1. The SMILES string of the molecule is O=C(NCC(c1ccco1)N1CCCCC1)c1ccc(S(=O)(=O)C(F)(F)F)cc1. The van der Waals surface area contributed by atoms with Crippen molar-refractivity contribution in [3.05, 3.63) is 54.0 Å². The third kappa shape index (κ3) is 4.81. The number of alkyl halides is 3. The first-order valence-electron chi connectivity index (χ1n) is 9.17. The summed E-state index contributed by atoms with van der Waals surface area (Å²) in [4.78, 5) is 13.8. The van der Waals surface area contributed by atoms with Crippen molar-refractivity contribution in [2.45, 2.75) is 35.7 Å². The van der Waals surface area contributed by atoms with Gasteiger partial charge >= 0.3 is 5.51 Å². The van der Waals surface area contributed by atoms with Gasteiger partial charge in [-0.1, -0.05) is 6.42 Å². The molecule has 1 fully saturated rings. The second-order valence-electron chi connectivity index (χ2n) is 6.81. The van der Waals surface area contributed by atoms with Gasteiger partial charge in [-0.05, 0) is 62.3 Å². The average molecular weight is 430 g/mol. The Balaban J connectivity index is 1.69. The van der Waals surface area contributed by atoms with Gasteiger partial charge in [0.05, 0.1) is 17.2 Å². The van der Waals surface area contributed by atoms with Crippen molar-refractivity contribution >= 4 is 15.7 Å². The van der Waals surface area contributed by atoms with E-state index in [1.54, 1.807) is 12.3 Å². The summed E-state index contributed by atoms with van der Waals surface area (Å²) in [5, 5.41) is 2.76. The van der Waals surface area contributed by atoms with E-state index in [1.165, 1.54) is 0 Å². The Hall–Kier alpha value is -2.33. The van der Waals surface area contributed by atoms with E-state index >= 15 is 0 Å². The number of likely N-dealkylation sites (tertiary alicyclic amines) is 1. The summed E-state index contributed by atoms with van der Waals surface area (Å²) in [6, 6.07) is 7.15. The van der Waals surface area contributed by atoms with Gasteiger partial charge in [0.1, 0.15) is 5.76 Å². The number of hydrogen-bond donors (Lipinski definition) is 1. The molecule has 10 heteroatoms. The maximum atomic E-state index is 12.6. The second kappa shape index (κ2) is 8.58. The molecule has 1 atom stereocenters. The van der Waals surface area contributed by atoms with E-state index in [0.717, 1.165) is 62.4 Å². The summed E-state index contributed by atoms with van der Waals surface area (Å²) in [6.45, 7) is 2.02. The number of benzene rings is 1. The van der Waals surface area contributed by atoms with E-state index in [4.69, 9.17) is 4.42 Å². The van der Waals surface area contributed by atoms with Gasteiger partial charge in [0.2, 0.25) is 0 Å². The lowest BCUT2D eigenvalue weighted by Crippen LogP contribution is -2.40. The van der Waals surface area contributed by atoms with Crippen molar-refractivity contribution in [3.8, 4) is 0 Å². The number of hydrogen-bond acceptors (Lipinski definition) is 5. The van der Waals surface area contributed by atoms with Crippen LogP contribution in [-0.2, 0) is 9.84 Å². The first kappa shape index (κ1) is 21.4. The molecule has 1 unspecified atom stereocenters. The topological polar surface area (TPSA) is 79.6 Å². The molecular weight excluding hydrogens is 409 g/mol. The van der Waals surface area contributed by atoms with Crippen molar-refractivity contribution in [1.82, 2.24) is 10.2 Å². The van der Waals surface area contributed by atoms with Crippen LogP contribution >= 0.6 is 0 Å². The minimum absolute atomic E-state index is 0.0722. The number of rotatable bonds is 6. The van der Waals surface area contributed by atoms with Crippen molar-refractivity contribution < 1.29 is 30.8 Å². The fourth-order valence-electron chi connectivity index (χ4n) is 3.33. The third-order valence-corrected chi connectivity index (χ3v) is 6.39. The molecule has 2 aromatic rings. The molecule has 6 nitrogen and oxygen atoms in total. The summed E-state index contributed by atoms with van der Waals surface area (Å²) >= 11 is 0. The van der Waals surface area contributed by atoms with Crippen LogP contribution in [0.2, 0.25) is 0 Å². The molecule has 0 spiro atoms. The van der Waals surface area contributed by atoms with Gasteiger partial charge in [0.25, 0.3) is 15.7 Å². The number of nitrogens with one attached hydrogen (secondary N) is 1. The van der Waals surface area contributed by atoms with Crippen LogP contribution in [0.4, 0.5) is 13.2 Å². The normalized spacial score (nSPS) is 17.1. The molecule has 1 aromatic carbocycles. The molecule has 158 valence electrons. The minimum Gasteiger partial charge on any atom is -0.468 e. The average Bonchev–Trinajstić information content (AvgIpc) is 3.22. The van der Waals surface area contributed by atoms with Gasteiger partial charge in [-0.2, -0.15) is 13.2 Å². The predicted octanol–water partition coefficient (Wildman–Crippen LogP) is 3.53. The number of piperidine rings is 1. The Bertz CT molecular complexity index is 919. The van der Waals surface area contributed by atoms with E-state index in [-0.39, 0.29) is 18.2 Å². The van der Waals surface area contributed by atoms with E-state index in [2.05, 4.69) is 10.2 Å². The van der Waals surface area contributed by atoms with Crippen molar-refractivity contribution in [1.29, 1.82) is 0 Å². The second-order valence-corrected chi connectivity index (χ2v) is 8.75. The van der Waals surface area contributed by atoms with Crippen molar-refractivity contribution in [3.63, 3.8) is 0 Å². The van der Waals surface area contributed by atoms with Gasteiger partial charge in [-0.3, -0.25) is 9.69 Å². The number of nitrogens with zero attached hydrogens (tertiary/aromatic N) is 1. The number of furan rings is 1. The van der Waals surface area contributed by atoms with Crippen LogP contribution in [0.5, 0.6) is 0 Å². The maximum Gasteiger partial charge on any atom is 0.501 e. The van der Waals surface area contributed by atoms with E-state index < -0.39 is 26.1 Å². The molecule has 0 saturated carbocycles. The van der Waals surface area contributed by atoms with Gasteiger partial charge in [-0.25, -0.2) is 8.42 Å². The van der Waals surface area contributed by atoms with Crippen LogP contribution < -0.4 is 5.32 Å². The van der Waals surface area contributed by atoms with Crippen molar-refractivity contribution in [2.24, 2.45) is 0 Å². The number of sulfone groups is 1. The van der Waals surface area contributed by atoms with Crippen LogP contribution in [0, 0.1) is 0 Å². The zero-order valence-corrected chi connectivity index (χ0v) is 16.3. The molecule has 3 rings (SSSR count). The number of carbonyl (C=O) groups is 1. The molecule has 0 aliphatic carbocycles. The fraction of sp³-hybridized carbons (Fsp3) is 0.421. The minimum atomic E-state index is -5.44. The van der Waals surface area contributed by atoms with Crippen LogP contribution in [-0.4, -0.2) is 44.4 Å².